The number of anilines is 1. The molecule has 314 valence electrons. The first-order chi connectivity index (χ1) is 29.0. The summed E-state index contributed by atoms with van der Waals surface area (Å²) in [6, 6.07) is 21.9. The zero-order valence-electron chi connectivity index (χ0n) is 38.7. The highest BCUT2D eigenvalue weighted by Crippen LogP contribution is 2.40. The molecule has 5 aliphatic rings. The maximum absolute atomic E-state index is 12.0. The lowest BCUT2D eigenvalue weighted by molar-refractivity contribution is -0.114. The van der Waals surface area contributed by atoms with Gasteiger partial charge in [0.15, 0.2) is 0 Å². The molecule has 0 saturated carbocycles. The van der Waals surface area contributed by atoms with E-state index in [9.17, 15) is 4.79 Å². The normalized spacial score (nSPS) is 17.5. The van der Waals surface area contributed by atoms with Gasteiger partial charge in [0, 0.05) is 29.3 Å². The van der Waals surface area contributed by atoms with E-state index in [1.807, 2.05) is 24.3 Å². The minimum absolute atomic E-state index is 0.0806. The highest BCUT2D eigenvalue weighted by molar-refractivity contribution is 6.37. The number of aliphatic imine (C=N–C) groups is 4. The van der Waals surface area contributed by atoms with Crippen molar-refractivity contribution in [2.24, 2.45) is 20.0 Å². The Balaban J connectivity index is 1.43. The number of amides is 1. The first kappa shape index (κ1) is 42.4. The molecule has 6 nitrogen and oxygen atoms in total. The van der Waals surface area contributed by atoms with Gasteiger partial charge < -0.3 is 5.32 Å². The Morgan fingerprint density at radius 2 is 0.823 bits per heavy atom. The molecule has 6 heteroatoms. The molecular formula is C56H59N5O. The molecule has 0 aromatic heterocycles. The number of hydrogen-bond donors (Lipinski definition) is 1. The van der Waals surface area contributed by atoms with Crippen LogP contribution in [-0.2, 0) is 26.5 Å². The average Bonchev–Trinajstić information content (AvgIpc) is 4.01. The van der Waals surface area contributed by atoms with Gasteiger partial charge in [-0.2, -0.15) is 0 Å². The molecule has 3 aromatic carbocycles. The van der Waals surface area contributed by atoms with Gasteiger partial charge in [0.05, 0.1) is 45.6 Å². The molecule has 0 aliphatic carbocycles. The summed E-state index contributed by atoms with van der Waals surface area (Å²) in [5, 5.41) is 2.92. The number of nitrogens with zero attached hydrogens (tertiary/aromatic N) is 4. The molecule has 1 N–H and O–H groups in total. The maximum atomic E-state index is 12.0. The number of nitrogens with one attached hydrogen (secondary N) is 1. The number of fused-ring (bicyclic) bond motifs is 4. The van der Waals surface area contributed by atoms with Crippen LogP contribution in [0.4, 0.5) is 5.69 Å². The molecule has 0 saturated heterocycles. The first-order valence-corrected chi connectivity index (χ1v) is 21.7. The molecule has 0 unspecified atom stereocenters. The summed E-state index contributed by atoms with van der Waals surface area (Å²) in [6.45, 7) is 28.7. The van der Waals surface area contributed by atoms with E-state index in [0.29, 0.717) is 0 Å². The zero-order valence-corrected chi connectivity index (χ0v) is 38.7. The number of rotatable bonds is 4. The monoisotopic (exact) mass is 817 g/mol. The molecule has 5 heterocycles. The molecular weight excluding hydrogens is 759 g/mol. The Labute approximate surface area is 368 Å². The van der Waals surface area contributed by atoms with Gasteiger partial charge >= 0.3 is 0 Å². The molecule has 62 heavy (non-hydrogen) atoms. The van der Waals surface area contributed by atoms with Crippen LogP contribution in [0.1, 0.15) is 129 Å². The van der Waals surface area contributed by atoms with Gasteiger partial charge in [0.2, 0.25) is 5.91 Å². The minimum Gasteiger partial charge on any atom is -0.326 e. The third kappa shape index (κ3) is 8.61. The fourth-order valence-electron chi connectivity index (χ4n) is 8.11. The van der Waals surface area contributed by atoms with Gasteiger partial charge in [-0.1, -0.05) is 132 Å². The van der Waals surface area contributed by atoms with Crippen LogP contribution in [0.25, 0.3) is 16.7 Å². The summed E-state index contributed by atoms with van der Waals surface area (Å²) in [7, 11) is 0. The lowest BCUT2D eigenvalue weighted by atomic mass is 9.78. The van der Waals surface area contributed by atoms with Gasteiger partial charge in [-0.25, -0.2) is 20.0 Å². The second-order valence-corrected chi connectivity index (χ2v) is 21.1. The highest BCUT2D eigenvalue weighted by Gasteiger charge is 2.29. The van der Waals surface area contributed by atoms with Crippen LogP contribution in [0.2, 0.25) is 0 Å². The SMILES string of the molecule is CC(=O)Nc1ccc(C2=C3C=CC(=N3)C(c3cc(C(C)(C)C)cc(C(C)(C)C)c3)=C3C=CC(=N3)C=C3C=CC(=N3)C(c3cc(C(C)(C)C)cc(C(C)(C)C)c3)=C3C=CC2=N3)cc1. The zero-order chi connectivity index (χ0) is 44.5. The van der Waals surface area contributed by atoms with Crippen molar-refractivity contribution in [1.82, 2.24) is 0 Å². The van der Waals surface area contributed by atoms with Gasteiger partial charge in [-0.15, -0.1) is 0 Å². The fraction of sp³-hybridized carbons (Fsp3) is 0.304. The summed E-state index contributed by atoms with van der Waals surface area (Å²) in [4.78, 5) is 33.6. The van der Waals surface area contributed by atoms with Crippen molar-refractivity contribution in [3.63, 3.8) is 0 Å². The molecule has 0 spiro atoms. The predicted molar refractivity (Wildman–Crippen MR) is 264 cm³/mol. The number of carbonyl (C=O) groups excluding carboxylic acids is 1. The Morgan fingerprint density at radius 3 is 1.26 bits per heavy atom. The van der Waals surface area contributed by atoms with Crippen LogP contribution in [0.3, 0.4) is 0 Å². The second-order valence-electron chi connectivity index (χ2n) is 21.1. The van der Waals surface area contributed by atoms with E-state index in [0.717, 1.165) is 84.7 Å². The van der Waals surface area contributed by atoms with Gasteiger partial charge in [-0.05, 0) is 127 Å². The van der Waals surface area contributed by atoms with E-state index in [2.05, 4.69) is 179 Å². The first-order valence-electron chi connectivity index (χ1n) is 21.7. The van der Waals surface area contributed by atoms with Crippen molar-refractivity contribution in [3.05, 3.63) is 177 Å². The Hall–Kier alpha value is -6.27. The van der Waals surface area contributed by atoms with Crippen molar-refractivity contribution in [3.8, 4) is 0 Å². The highest BCUT2D eigenvalue weighted by atomic mass is 16.1. The molecule has 1 amide bonds. The third-order valence-corrected chi connectivity index (χ3v) is 11.8. The molecule has 8 rings (SSSR count). The van der Waals surface area contributed by atoms with E-state index in [4.69, 9.17) is 20.0 Å². The van der Waals surface area contributed by atoms with Crippen LogP contribution in [0.15, 0.2) is 158 Å². The standard InChI is InChI=1S/C56H59N5O/c1-33(62)57-41-16-14-34(15-17-41)50-46-22-24-48(60-46)51(35-26-37(53(2,3)4)30-38(27-35)54(5,6)7)44-20-18-42(58-44)32-43-19-21-45(59-43)52(49-25-23-47(50)61-49)36-28-39(55(8,9)10)31-40(29-36)56(11,12)13/h14-32H,1-13H3,(H,57,62). The van der Waals surface area contributed by atoms with Crippen molar-refractivity contribution < 1.29 is 4.79 Å². The van der Waals surface area contributed by atoms with Gasteiger partial charge in [0.25, 0.3) is 0 Å². The van der Waals surface area contributed by atoms with Crippen LogP contribution < -0.4 is 5.32 Å². The number of carbonyl (C=O) groups is 1. The van der Waals surface area contributed by atoms with Crippen LogP contribution in [0.5, 0.6) is 0 Å². The van der Waals surface area contributed by atoms with Crippen molar-refractivity contribution >= 4 is 51.2 Å². The van der Waals surface area contributed by atoms with Crippen molar-refractivity contribution in [1.29, 1.82) is 0 Å². The lowest BCUT2D eigenvalue weighted by Crippen LogP contribution is -2.17. The van der Waals surface area contributed by atoms with E-state index in [1.165, 1.54) is 29.2 Å². The average molecular weight is 818 g/mol. The predicted octanol–water partition coefficient (Wildman–Crippen LogP) is 13.3. The third-order valence-electron chi connectivity index (χ3n) is 11.8. The molecule has 0 radical (unpaired) electrons. The number of allylic oxidation sites excluding steroid dienone is 12. The van der Waals surface area contributed by atoms with Crippen molar-refractivity contribution in [2.45, 2.75) is 112 Å². The fourth-order valence-corrected chi connectivity index (χ4v) is 8.11. The minimum atomic E-state index is -0.118. The molecule has 5 aliphatic heterocycles. The van der Waals surface area contributed by atoms with E-state index in [-0.39, 0.29) is 27.6 Å². The summed E-state index contributed by atoms with van der Waals surface area (Å²) >= 11 is 0. The second kappa shape index (κ2) is 15.3. The number of benzene rings is 3. The largest absolute Gasteiger partial charge is 0.326 e. The Kier molecular flexibility index (Phi) is 10.4. The Bertz CT molecular complexity index is 2680. The smallest absolute Gasteiger partial charge is 0.221 e. The summed E-state index contributed by atoms with van der Waals surface area (Å²) < 4.78 is 0. The molecule has 3 aromatic rings. The topological polar surface area (TPSA) is 78.5 Å². The van der Waals surface area contributed by atoms with Gasteiger partial charge in [0.1, 0.15) is 0 Å². The van der Waals surface area contributed by atoms with Crippen LogP contribution >= 0.6 is 0 Å². The molecule has 0 atom stereocenters. The van der Waals surface area contributed by atoms with Gasteiger partial charge in [-0.3, -0.25) is 4.79 Å². The van der Waals surface area contributed by atoms with E-state index >= 15 is 0 Å². The Morgan fingerprint density at radius 1 is 0.435 bits per heavy atom. The van der Waals surface area contributed by atoms with Crippen LogP contribution in [0, 0.1) is 0 Å². The van der Waals surface area contributed by atoms with E-state index < -0.39 is 0 Å². The summed E-state index contributed by atoms with van der Waals surface area (Å²) in [5.41, 5.74) is 18.0. The summed E-state index contributed by atoms with van der Waals surface area (Å²) in [6.07, 6.45) is 18.9. The molecule has 0 fully saturated rings. The lowest BCUT2D eigenvalue weighted by Gasteiger charge is -2.27. The maximum Gasteiger partial charge on any atom is 0.221 e. The summed E-state index contributed by atoms with van der Waals surface area (Å²) in [5.74, 6) is -0.118. The van der Waals surface area contributed by atoms with Crippen LogP contribution in [-0.4, -0.2) is 28.8 Å². The number of hydrogen-bond acceptors (Lipinski definition) is 5. The van der Waals surface area contributed by atoms with Crippen molar-refractivity contribution in [2.75, 3.05) is 5.32 Å². The van der Waals surface area contributed by atoms with E-state index in [1.54, 1.807) is 0 Å². The quantitative estimate of drug-likeness (QED) is 0.280. The molecule has 8 bridgehead atoms.